The average molecular weight is 164 g/mol. The zero-order valence-corrected chi connectivity index (χ0v) is 6.83. The number of aromatic nitrogens is 1. The first-order valence-corrected chi connectivity index (χ1v) is 4.16. The van der Waals surface area contributed by atoms with Crippen LogP contribution in [-0.4, -0.2) is 23.2 Å². The summed E-state index contributed by atoms with van der Waals surface area (Å²) >= 11 is 0. The molecule has 2 rings (SSSR count). The SMILES string of the molecule is OCc1ccc(C2CNC2)cn1. The molecule has 2 N–H and O–H groups in total. The first-order chi connectivity index (χ1) is 5.90. The van der Waals surface area contributed by atoms with Gasteiger partial charge in [0.05, 0.1) is 12.3 Å². The molecule has 0 saturated carbocycles. The van der Waals surface area contributed by atoms with Crippen molar-refractivity contribution in [2.24, 2.45) is 0 Å². The zero-order chi connectivity index (χ0) is 8.39. The Bertz CT molecular complexity index is 254. The second-order valence-electron chi connectivity index (χ2n) is 3.10. The highest BCUT2D eigenvalue weighted by atomic mass is 16.3. The fraction of sp³-hybridized carbons (Fsp3) is 0.444. The molecule has 0 amide bonds. The summed E-state index contributed by atoms with van der Waals surface area (Å²) in [6.45, 7) is 2.14. The number of aliphatic hydroxyl groups excluding tert-OH is 1. The molecular formula is C9H12N2O. The summed E-state index contributed by atoms with van der Waals surface area (Å²) in [5, 5.41) is 12.0. The highest BCUT2D eigenvalue weighted by Crippen LogP contribution is 2.18. The number of nitrogens with zero attached hydrogens (tertiary/aromatic N) is 1. The van der Waals surface area contributed by atoms with Gasteiger partial charge in [-0.1, -0.05) is 6.07 Å². The molecule has 0 unspecified atom stereocenters. The fourth-order valence-corrected chi connectivity index (χ4v) is 1.30. The lowest BCUT2D eigenvalue weighted by atomic mass is 9.95. The van der Waals surface area contributed by atoms with Crippen molar-refractivity contribution < 1.29 is 5.11 Å². The quantitative estimate of drug-likeness (QED) is 0.659. The Kier molecular flexibility index (Phi) is 2.06. The summed E-state index contributed by atoms with van der Waals surface area (Å²) in [4.78, 5) is 4.12. The van der Waals surface area contributed by atoms with Gasteiger partial charge in [0.15, 0.2) is 0 Å². The standard InChI is InChI=1S/C9H12N2O/c12-6-9-2-1-7(5-11-9)8-3-10-4-8/h1-2,5,8,10,12H,3-4,6H2. The lowest BCUT2D eigenvalue weighted by Crippen LogP contribution is -2.39. The molecule has 3 heteroatoms. The third-order valence-corrected chi connectivity index (χ3v) is 2.26. The van der Waals surface area contributed by atoms with Crippen LogP contribution in [0.3, 0.4) is 0 Å². The van der Waals surface area contributed by atoms with E-state index in [4.69, 9.17) is 5.11 Å². The topological polar surface area (TPSA) is 45.1 Å². The molecule has 0 atom stereocenters. The Balaban J connectivity index is 2.13. The molecular weight excluding hydrogens is 152 g/mol. The van der Waals surface area contributed by atoms with E-state index in [1.807, 2.05) is 18.3 Å². The lowest BCUT2D eigenvalue weighted by Gasteiger charge is -2.27. The summed E-state index contributed by atoms with van der Waals surface area (Å²) < 4.78 is 0. The first kappa shape index (κ1) is 7.71. The highest BCUT2D eigenvalue weighted by molar-refractivity contribution is 5.20. The van der Waals surface area contributed by atoms with Crippen molar-refractivity contribution in [2.75, 3.05) is 13.1 Å². The Morgan fingerprint density at radius 1 is 1.50 bits per heavy atom. The van der Waals surface area contributed by atoms with Crippen molar-refractivity contribution in [3.8, 4) is 0 Å². The zero-order valence-electron chi connectivity index (χ0n) is 6.83. The summed E-state index contributed by atoms with van der Waals surface area (Å²) in [6, 6.07) is 3.93. The van der Waals surface area contributed by atoms with Gasteiger partial charge in [0, 0.05) is 25.2 Å². The third-order valence-electron chi connectivity index (χ3n) is 2.26. The fourth-order valence-electron chi connectivity index (χ4n) is 1.30. The predicted molar refractivity (Wildman–Crippen MR) is 45.8 cm³/mol. The second-order valence-corrected chi connectivity index (χ2v) is 3.10. The van der Waals surface area contributed by atoms with E-state index in [-0.39, 0.29) is 6.61 Å². The van der Waals surface area contributed by atoms with E-state index in [0.29, 0.717) is 5.92 Å². The van der Waals surface area contributed by atoms with E-state index in [0.717, 1.165) is 18.8 Å². The van der Waals surface area contributed by atoms with E-state index in [1.54, 1.807) is 0 Å². The maximum atomic E-state index is 8.76. The smallest absolute Gasteiger partial charge is 0.0852 e. The number of hydrogen-bond acceptors (Lipinski definition) is 3. The molecule has 64 valence electrons. The van der Waals surface area contributed by atoms with Crippen LogP contribution in [0.25, 0.3) is 0 Å². The molecule has 0 aromatic carbocycles. The van der Waals surface area contributed by atoms with E-state index in [9.17, 15) is 0 Å². The van der Waals surface area contributed by atoms with E-state index in [1.165, 1.54) is 5.56 Å². The Morgan fingerprint density at radius 3 is 2.75 bits per heavy atom. The van der Waals surface area contributed by atoms with Crippen LogP contribution >= 0.6 is 0 Å². The first-order valence-electron chi connectivity index (χ1n) is 4.16. The maximum Gasteiger partial charge on any atom is 0.0852 e. The molecule has 1 aliphatic rings. The highest BCUT2D eigenvalue weighted by Gasteiger charge is 2.18. The van der Waals surface area contributed by atoms with Crippen LogP contribution < -0.4 is 5.32 Å². The van der Waals surface area contributed by atoms with Crippen LogP contribution in [0, 0.1) is 0 Å². The van der Waals surface area contributed by atoms with Gasteiger partial charge in [-0.3, -0.25) is 4.98 Å². The van der Waals surface area contributed by atoms with E-state index < -0.39 is 0 Å². The van der Waals surface area contributed by atoms with E-state index >= 15 is 0 Å². The van der Waals surface area contributed by atoms with Crippen molar-refractivity contribution in [3.63, 3.8) is 0 Å². The van der Waals surface area contributed by atoms with Crippen LogP contribution in [0.15, 0.2) is 18.3 Å². The number of hydrogen-bond donors (Lipinski definition) is 2. The molecule has 2 heterocycles. The van der Waals surface area contributed by atoms with Gasteiger partial charge in [0.25, 0.3) is 0 Å². The number of nitrogens with one attached hydrogen (secondary N) is 1. The van der Waals surface area contributed by atoms with Gasteiger partial charge in [-0.2, -0.15) is 0 Å². The summed E-state index contributed by atoms with van der Waals surface area (Å²) in [5.41, 5.74) is 2.01. The van der Waals surface area contributed by atoms with Crippen molar-refractivity contribution >= 4 is 0 Å². The van der Waals surface area contributed by atoms with Crippen molar-refractivity contribution in [2.45, 2.75) is 12.5 Å². The Morgan fingerprint density at radius 2 is 2.33 bits per heavy atom. The molecule has 1 fully saturated rings. The molecule has 3 nitrogen and oxygen atoms in total. The van der Waals surface area contributed by atoms with Crippen LogP contribution in [0.5, 0.6) is 0 Å². The lowest BCUT2D eigenvalue weighted by molar-refractivity contribution is 0.276. The third kappa shape index (κ3) is 1.33. The van der Waals surface area contributed by atoms with Crippen LogP contribution in [0.1, 0.15) is 17.2 Å². The van der Waals surface area contributed by atoms with Gasteiger partial charge in [-0.15, -0.1) is 0 Å². The van der Waals surface area contributed by atoms with Gasteiger partial charge in [0.1, 0.15) is 0 Å². The summed E-state index contributed by atoms with van der Waals surface area (Å²) in [7, 11) is 0. The molecule has 0 spiro atoms. The maximum absolute atomic E-state index is 8.76. The monoisotopic (exact) mass is 164 g/mol. The molecule has 1 aliphatic heterocycles. The van der Waals surface area contributed by atoms with Crippen LogP contribution in [-0.2, 0) is 6.61 Å². The minimum atomic E-state index is 0.0309. The second kappa shape index (κ2) is 3.21. The van der Waals surface area contributed by atoms with Crippen LogP contribution in [0.4, 0.5) is 0 Å². The molecule has 0 radical (unpaired) electrons. The van der Waals surface area contributed by atoms with Crippen molar-refractivity contribution in [3.05, 3.63) is 29.6 Å². The largest absolute Gasteiger partial charge is 0.390 e. The summed E-state index contributed by atoms with van der Waals surface area (Å²) in [6.07, 6.45) is 1.86. The predicted octanol–water partition coefficient (Wildman–Crippen LogP) is 0.261. The van der Waals surface area contributed by atoms with Crippen molar-refractivity contribution in [1.82, 2.24) is 10.3 Å². The Labute approximate surface area is 71.4 Å². The normalized spacial score (nSPS) is 17.4. The minimum absolute atomic E-state index is 0.0309. The van der Waals surface area contributed by atoms with Gasteiger partial charge in [0.2, 0.25) is 0 Å². The number of pyridine rings is 1. The van der Waals surface area contributed by atoms with E-state index in [2.05, 4.69) is 10.3 Å². The molecule has 12 heavy (non-hydrogen) atoms. The Hall–Kier alpha value is -0.930. The van der Waals surface area contributed by atoms with Crippen LogP contribution in [0.2, 0.25) is 0 Å². The van der Waals surface area contributed by atoms with Gasteiger partial charge in [-0.25, -0.2) is 0 Å². The average Bonchev–Trinajstić information content (AvgIpc) is 2.03. The van der Waals surface area contributed by atoms with Gasteiger partial charge < -0.3 is 10.4 Å². The minimum Gasteiger partial charge on any atom is -0.390 e. The molecule has 0 bridgehead atoms. The summed E-state index contributed by atoms with van der Waals surface area (Å²) in [5.74, 6) is 0.630. The number of aliphatic hydroxyl groups is 1. The number of rotatable bonds is 2. The van der Waals surface area contributed by atoms with Gasteiger partial charge >= 0.3 is 0 Å². The molecule has 1 saturated heterocycles. The molecule has 1 aromatic rings. The molecule has 0 aliphatic carbocycles. The molecule has 1 aromatic heterocycles. The van der Waals surface area contributed by atoms with Crippen molar-refractivity contribution in [1.29, 1.82) is 0 Å². The van der Waals surface area contributed by atoms with Gasteiger partial charge in [-0.05, 0) is 11.6 Å².